The molecule has 0 unspecified atom stereocenters. The van der Waals surface area contributed by atoms with Gasteiger partial charge in [0.2, 0.25) is 0 Å². The highest BCUT2D eigenvalue weighted by molar-refractivity contribution is 5.29. The van der Waals surface area contributed by atoms with Gasteiger partial charge in [0, 0.05) is 6.08 Å². The van der Waals surface area contributed by atoms with Gasteiger partial charge in [0.05, 0.1) is 6.07 Å². The summed E-state index contributed by atoms with van der Waals surface area (Å²) in [7, 11) is 0. The van der Waals surface area contributed by atoms with Crippen molar-refractivity contribution in [1.29, 1.82) is 5.26 Å². The summed E-state index contributed by atoms with van der Waals surface area (Å²) in [5, 5.41) is 8.55. The average molecular weight is 434 g/mol. The van der Waals surface area contributed by atoms with E-state index in [0.717, 1.165) is 42.6 Å². The highest BCUT2D eigenvalue weighted by Gasteiger charge is 2.31. The topological polar surface area (TPSA) is 33.0 Å². The van der Waals surface area contributed by atoms with Gasteiger partial charge in [0.25, 0.3) is 0 Å². The summed E-state index contributed by atoms with van der Waals surface area (Å²) in [6.45, 7) is 0. The third kappa shape index (κ3) is 8.24. The maximum absolute atomic E-state index is 12.3. The van der Waals surface area contributed by atoms with Crippen LogP contribution >= 0.6 is 0 Å². The molecule has 0 aromatic heterocycles. The quantitative estimate of drug-likeness (QED) is 0.386. The molecule has 0 atom stereocenters. The molecular weight excluding hydrogens is 399 g/mol. The van der Waals surface area contributed by atoms with Gasteiger partial charge in [0.15, 0.2) is 0 Å². The van der Waals surface area contributed by atoms with Gasteiger partial charge in [-0.3, -0.25) is 0 Å². The van der Waals surface area contributed by atoms with E-state index in [-0.39, 0.29) is 5.75 Å². The van der Waals surface area contributed by atoms with Gasteiger partial charge < -0.3 is 4.74 Å². The fourth-order valence-electron chi connectivity index (χ4n) is 5.47. The van der Waals surface area contributed by atoms with Gasteiger partial charge in [-0.05, 0) is 79.9 Å². The molecule has 2 nitrogen and oxygen atoms in total. The summed E-state index contributed by atoms with van der Waals surface area (Å²) in [5.41, 5.74) is 1.14. The average Bonchev–Trinajstić information content (AvgIpc) is 2.76. The Bertz CT molecular complexity index is 719. The first-order chi connectivity index (χ1) is 14.9. The Morgan fingerprint density at radius 1 is 0.839 bits per heavy atom. The van der Waals surface area contributed by atoms with Crippen molar-refractivity contribution in [2.75, 3.05) is 0 Å². The predicted octanol–water partition coefficient (Wildman–Crippen LogP) is 8.31. The van der Waals surface area contributed by atoms with Crippen LogP contribution in [0.4, 0.5) is 13.2 Å². The van der Waals surface area contributed by atoms with E-state index in [0.29, 0.717) is 5.92 Å². The van der Waals surface area contributed by atoms with Crippen LogP contribution in [0.5, 0.6) is 5.75 Å². The molecule has 0 amide bonds. The van der Waals surface area contributed by atoms with Crippen molar-refractivity contribution < 1.29 is 17.9 Å². The van der Waals surface area contributed by atoms with E-state index in [2.05, 4.69) is 10.8 Å². The minimum absolute atomic E-state index is 0.140. The lowest BCUT2D eigenvalue weighted by Crippen LogP contribution is -2.18. The molecule has 2 fully saturated rings. The van der Waals surface area contributed by atoms with Gasteiger partial charge in [-0.25, -0.2) is 0 Å². The van der Waals surface area contributed by atoms with E-state index in [4.69, 9.17) is 5.26 Å². The molecule has 0 saturated heterocycles. The Balaban J connectivity index is 1.32. The Kier molecular flexibility index (Phi) is 8.87. The Labute approximate surface area is 184 Å². The summed E-state index contributed by atoms with van der Waals surface area (Å²) in [6, 6.07) is 8.51. The van der Waals surface area contributed by atoms with E-state index in [1.165, 1.54) is 69.9 Å². The van der Waals surface area contributed by atoms with Crippen LogP contribution in [0.1, 0.15) is 88.5 Å². The second kappa shape index (κ2) is 11.6. The van der Waals surface area contributed by atoms with Crippen molar-refractivity contribution in [2.45, 2.75) is 89.3 Å². The molecule has 0 heterocycles. The third-order valence-corrected chi connectivity index (χ3v) is 7.32. The normalized spacial score (nSPS) is 27.2. The van der Waals surface area contributed by atoms with Crippen LogP contribution in [0.25, 0.3) is 0 Å². The van der Waals surface area contributed by atoms with Gasteiger partial charge in [-0.2, -0.15) is 5.26 Å². The molecule has 5 heteroatoms. The number of halogens is 3. The van der Waals surface area contributed by atoms with Crippen molar-refractivity contribution in [1.82, 2.24) is 0 Å². The zero-order valence-electron chi connectivity index (χ0n) is 18.2. The van der Waals surface area contributed by atoms with E-state index in [1.807, 2.05) is 6.08 Å². The second-order valence-corrected chi connectivity index (χ2v) is 9.41. The molecule has 2 aliphatic carbocycles. The first-order valence-electron chi connectivity index (χ1n) is 11.8. The van der Waals surface area contributed by atoms with Crippen molar-refractivity contribution in [3.05, 3.63) is 42.0 Å². The maximum atomic E-state index is 12.3. The van der Waals surface area contributed by atoms with Crippen molar-refractivity contribution in [3.8, 4) is 11.8 Å². The van der Waals surface area contributed by atoms with E-state index >= 15 is 0 Å². The van der Waals surface area contributed by atoms with Crippen LogP contribution in [-0.4, -0.2) is 6.36 Å². The molecule has 0 spiro atoms. The van der Waals surface area contributed by atoms with Gasteiger partial charge in [0.1, 0.15) is 5.75 Å². The van der Waals surface area contributed by atoms with Crippen molar-refractivity contribution in [3.63, 3.8) is 0 Å². The number of ether oxygens (including phenoxy) is 1. The number of benzene rings is 1. The standard InChI is InChI=1S/C26H34F3NO/c27-26(28,29)31-25-17-15-24(16-18-25)23-13-11-22(12-14-23)10-9-21-7-5-20(6-8-21)4-2-1-3-19-30/h1,3,15-18,20-23H,2,4-14H2/b3-1+/t20-,21-,22-,23-. The number of rotatable bonds is 8. The minimum atomic E-state index is -4.63. The largest absolute Gasteiger partial charge is 0.573 e. The van der Waals surface area contributed by atoms with Gasteiger partial charge in [-0.15, -0.1) is 13.2 Å². The molecule has 31 heavy (non-hydrogen) atoms. The van der Waals surface area contributed by atoms with Crippen LogP contribution in [-0.2, 0) is 0 Å². The first kappa shape index (κ1) is 23.7. The van der Waals surface area contributed by atoms with Gasteiger partial charge >= 0.3 is 6.36 Å². The summed E-state index contributed by atoms with van der Waals surface area (Å²) >= 11 is 0. The number of hydrogen-bond acceptors (Lipinski definition) is 2. The number of nitrogens with zero attached hydrogens (tertiary/aromatic N) is 1. The Hall–Kier alpha value is -1.96. The number of allylic oxidation sites excluding steroid dienone is 2. The lowest BCUT2D eigenvalue weighted by Gasteiger charge is -2.32. The molecule has 1 aromatic carbocycles. The lowest BCUT2D eigenvalue weighted by atomic mass is 9.74. The Morgan fingerprint density at radius 3 is 1.87 bits per heavy atom. The third-order valence-electron chi connectivity index (χ3n) is 7.32. The van der Waals surface area contributed by atoms with Crippen LogP contribution in [0.3, 0.4) is 0 Å². The van der Waals surface area contributed by atoms with Crippen molar-refractivity contribution in [2.24, 2.45) is 17.8 Å². The predicted molar refractivity (Wildman–Crippen MR) is 116 cm³/mol. The molecule has 0 aliphatic heterocycles. The van der Waals surface area contributed by atoms with Crippen LogP contribution in [0.2, 0.25) is 0 Å². The first-order valence-corrected chi connectivity index (χ1v) is 11.8. The van der Waals surface area contributed by atoms with Crippen LogP contribution in [0.15, 0.2) is 36.4 Å². The Morgan fingerprint density at radius 2 is 1.35 bits per heavy atom. The zero-order chi connectivity index (χ0) is 22.1. The van der Waals surface area contributed by atoms with E-state index in [9.17, 15) is 13.2 Å². The molecule has 170 valence electrons. The lowest BCUT2D eigenvalue weighted by molar-refractivity contribution is -0.274. The van der Waals surface area contributed by atoms with E-state index in [1.54, 1.807) is 18.2 Å². The molecule has 0 radical (unpaired) electrons. The number of nitriles is 1. The number of alkyl halides is 3. The summed E-state index contributed by atoms with van der Waals surface area (Å²) in [4.78, 5) is 0. The summed E-state index contributed by atoms with van der Waals surface area (Å²) in [6.07, 6.45) is 14.0. The molecule has 1 aromatic rings. The molecule has 0 bridgehead atoms. The maximum Gasteiger partial charge on any atom is 0.573 e. The fraction of sp³-hybridized carbons (Fsp3) is 0.654. The van der Waals surface area contributed by atoms with Crippen LogP contribution < -0.4 is 4.74 Å². The monoisotopic (exact) mass is 433 g/mol. The SMILES string of the molecule is N#C/C=C/CC[C@H]1CC[C@H](CC[C@H]2CC[C@H](c3ccc(OC(F)(F)F)cc3)CC2)CC1. The number of hydrogen-bond donors (Lipinski definition) is 0. The van der Waals surface area contributed by atoms with Crippen molar-refractivity contribution >= 4 is 0 Å². The zero-order valence-corrected chi connectivity index (χ0v) is 18.2. The van der Waals surface area contributed by atoms with Gasteiger partial charge in [-0.1, -0.05) is 56.7 Å². The summed E-state index contributed by atoms with van der Waals surface area (Å²) in [5.74, 6) is 2.84. The summed E-state index contributed by atoms with van der Waals surface area (Å²) < 4.78 is 40.9. The molecule has 2 saturated carbocycles. The highest BCUT2D eigenvalue weighted by atomic mass is 19.4. The molecule has 3 rings (SSSR count). The smallest absolute Gasteiger partial charge is 0.406 e. The molecule has 2 aliphatic rings. The molecule has 0 N–H and O–H groups in total. The van der Waals surface area contributed by atoms with E-state index < -0.39 is 6.36 Å². The second-order valence-electron chi connectivity index (χ2n) is 9.41. The fourth-order valence-corrected chi connectivity index (χ4v) is 5.47. The van der Waals surface area contributed by atoms with Crippen LogP contribution in [0, 0.1) is 29.1 Å². The minimum Gasteiger partial charge on any atom is -0.406 e. The molecular formula is C26H34F3NO. The highest BCUT2D eigenvalue weighted by Crippen LogP contribution is 2.40.